The molecule has 10 nitrogen and oxygen atoms in total. The van der Waals surface area contributed by atoms with Gasteiger partial charge < -0.3 is 19.9 Å². The van der Waals surface area contributed by atoms with Gasteiger partial charge in [0.2, 0.25) is 5.91 Å². The molecule has 4 aromatic rings. The summed E-state index contributed by atoms with van der Waals surface area (Å²) in [4.78, 5) is 45.6. The van der Waals surface area contributed by atoms with Gasteiger partial charge in [-0.05, 0) is 69.5 Å². The lowest BCUT2D eigenvalue weighted by atomic mass is 9.97. The Morgan fingerprint density at radius 3 is 2.35 bits per heavy atom. The minimum absolute atomic E-state index is 0.00381. The molecule has 0 unspecified atom stereocenters. The third-order valence-electron chi connectivity index (χ3n) is 7.80. The minimum Gasteiger partial charge on any atom is -0.481 e. The third-order valence-corrected chi connectivity index (χ3v) is 7.80. The molecule has 0 fully saturated rings. The molecule has 46 heavy (non-hydrogen) atoms. The van der Waals surface area contributed by atoms with Crippen molar-refractivity contribution in [3.63, 3.8) is 0 Å². The number of carbonyl (C=O) groups is 2. The normalized spacial score (nSPS) is 13.4. The van der Waals surface area contributed by atoms with Crippen LogP contribution in [0, 0.1) is 19.8 Å². The molecule has 1 amide bonds. The Bertz CT molecular complexity index is 1770. The fraction of sp³-hybridized carbons (Fsp3) is 0.424. The first-order chi connectivity index (χ1) is 21.6. The second-order valence-electron chi connectivity index (χ2n) is 12.2. The largest absolute Gasteiger partial charge is 0.481 e. The molecule has 0 saturated heterocycles. The molecule has 3 heterocycles. The number of aliphatic carboxylic acids is 1. The summed E-state index contributed by atoms with van der Waals surface area (Å²) in [7, 11) is 3.45. The Kier molecular flexibility index (Phi) is 10.3. The van der Waals surface area contributed by atoms with E-state index in [9.17, 15) is 32.7 Å². The van der Waals surface area contributed by atoms with Crippen LogP contribution in [-0.4, -0.2) is 61.7 Å². The number of carboxylic acid groups (broad SMARTS) is 1. The van der Waals surface area contributed by atoms with Crippen LogP contribution in [0.4, 0.5) is 13.2 Å². The highest BCUT2D eigenvalue weighted by Crippen LogP contribution is 2.33. The molecule has 3 aromatic heterocycles. The third kappa shape index (κ3) is 7.82. The Labute approximate surface area is 264 Å². The summed E-state index contributed by atoms with van der Waals surface area (Å²) in [6.45, 7) is 7.82. The Morgan fingerprint density at radius 2 is 1.76 bits per heavy atom. The van der Waals surface area contributed by atoms with Crippen LogP contribution in [0.25, 0.3) is 16.9 Å². The molecule has 0 bridgehead atoms. The van der Waals surface area contributed by atoms with Gasteiger partial charge in [0.1, 0.15) is 6.04 Å². The van der Waals surface area contributed by atoms with Crippen LogP contribution in [-0.2, 0) is 22.2 Å². The first-order valence-electron chi connectivity index (χ1n) is 15.0. The van der Waals surface area contributed by atoms with E-state index < -0.39 is 47.7 Å². The molecule has 0 aliphatic rings. The van der Waals surface area contributed by atoms with Crippen molar-refractivity contribution in [3.8, 4) is 11.3 Å². The Morgan fingerprint density at radius 1 is 1.09 bits per heavy atom. The lowest BCUT2D eigenvalue weighted by molar-refractivity contribution is -0.139. The van der Waals surface area contributed by atoms with E-state index in [0.29, 0.717) is 17.4 Å². The van der Waals surface area contributed by atoms with Gasteiger partial charge in [-0.15, -0.1) is 0 Å². The zero-order chi connectivity index (χ0) is 33.9. The fourth-order valence-corrected chi connectivity index (χ4v) is 5.62. The average molecular weight is 641 g/mol. The van der Waals surface area contributed by atoms with Crippen LogP contribution in [0.1, 0.15) is 66.7 Å². The highest BCUT2D eigenvalue weighted by molar-refractivity contribution is 5.82. The Hall–Kier alpha value is -4.52. The second kappa shape index (κ2) is 13.9. The number of halogens is 3. The molecule has 0 radical (unpaired) electrons. The highest BCUT2D eigenvalue weighted by atomic mass is 19.4. The number of hydrogen-bond donors (Lipinski definition) is 2. The number of pyridine rings is 1. The van der Waals surface area contributed by atoms with E-state index in [1.165, 1.54) is 0 Å². The molecular formula is C33H39F3N6O4. The summed E-state index contributed by atoms with van der Waals surface area (Å²) >= 11 is 0. The van der Waals surface area contributed by atoms with Crippen molar-refractivity contribution in [1.82, 2.24) is 29.4 Å². The SMILES string of the molecule is Cc1cccc(C)c1-c1cc([C@@H](CC(=O)O)NC(=O)[C@H](CC(C)C)n2cc(CCN(C)C)c(C(F)(F)F)cc2=O)nc2ccnn12. The molecule has 4 rings (SSSR count). The van der Waals surface area contributed by atoms with Crippen molar-refractivity contribution in [2.75, 3.05) is 20.6 Å². The number of carboxylic acids is 1. The van der Waals surface area contributed by atoms with E-state index in [1.807, 2.05) is 45.9 Å². The minimum atomic E-state index is -4.76. The zero-order valence-corrected chi connectivity index (χ0v) is 26.7. The van der Waals surface area contributed by atoms with Crippen LogP contribution in [0.5, 0.6) is 0 Å². The molecular weight excluding hydrogens is 601 g/mol. The van der Waals surface area contributed by atoms with Gasteiger partial charge >= 0.3 is 12.1 Å². The van der Waals surface area contributed by atoms with Gasteiger partial charge in [-0.1, -0.05) is 32.0 Å². The van der Waals surface area contributed by atoms with Gasteiger partial charge in [0.15, 0.2) is 5.65 Å². The Balaban J connectivity index is 1.81. The van der Waals surface area contributed by atoms with Crippen molar-refractivity contribution < 1.29 is 27.9 Å². The van der Waals surface area contributed by atoms with E-state index in [-0.39, 0.29) is 36.6 Å². The summed E-state index contributed by atoms with van der Waals surface area (Å²) in [6.07, 6.45) is -2.49. The summed E-state index contributed by atoms with van der Waals surface area (Å²) in [5, 5.41) is 17.0. The number of rotatable bonds is 12. The fourth-order valence-electron chi connectivity index (χ4n) is 5.62. The van der Waals surface area contributed by atoms with E-state index in [2.05, 4.69) is 15.4 Å². The maximum absolute atomic E-state index is 14.0. The number of fused-ring (bicyclic) bond motifs is 1. The monoisotopic (exact) mass is 640 g/mol. The maximum atomic E-state index is 14.0. The second-order valence-corrected chi connectivity index (χ2v) is 12.2. The molecule has 2 atom stereocenters. The standard InChI is InChI=1S/C33H39F3N6O4/c1-19(2)14-27(41-18-22(11-13-40(5)6)23(15-29(41)43)33(34,35)36)32(46)39-25(17-30(44)45)24-16-26(42-28(38-24)10-12-37-42)31-20(3)8-7-9-21(31)4/h7-10,12,15-16,18-19,25,27H,11,13-14,17H2,1-6H3,(H,39,46)(H,44,45)/t25-,27+/m1/s1. The molecule has 0 saturated carbocycles. The van der Waals surface area contributed by atoms with Gasteiger partial charge in [-0.25, -0.2) is 9.50 Å². The number of aryl methyl sites for hydroxylation is 2. The van der Waals surface area contributed by atoms with Crippen molar-refractivity contribution >= 4 is 17.5 Å². The van der Waals surface area contributed by atoms with E-state index >= 15 is 0 Å². The van der Waals surface area contributed by atoms with Crippen LogP contribution in [0.3, 0.4) is 0 Å². The van der Waals surface area contributed by atoms with Crippen LogP contribution < -0.4 is 10.9 Å². The van der Waals surface area contributed by atoms with E-state index in [4.69, 9.17) is 0 Å². The number of nitrogens with zero attached hydrogens (tertiary/aromatic N) is 5. The van der Waals surface area contributed by atoms with Crippen molar-refractivity contribution in [2.24, 2.45) is 5.92 Å². The van der Waals surface area contributed by atoms with Crippen molar-refractivity contribution in [3.05, 3.63) is 87.1 Å². The maximum Gasteiger partial charge on any atom is 0.416 e. The van der Waals surface area contributed by atoms with Gasteiger partial charge in [-0.3, -0.25) is 14.4 Å². The highest BCUT2D eigenvalue weighted by Gasteiger charge is 2.36. The van der Waals surface area contributed by atoms with Crippen LogP contribution in [0.2, 0.25) is 0 Å². The summed E-state index contributed by atoms with van der Waals surface area (Å²) < 4.78 is 44.4. The summed E-state index contributed by atoms with van der Waals surface area (Å²) in [5.41, 5.74) is 1.99. The lowest BCUT2D eigenvalue weighted by Crippen LogP contribution is -2.41. The molecule has 1 aromatic carbocycles. The first-order valence-corrected chi connectivity index (χ1v) is 15.0. The number of carbonyl (C=O) groups excluding carboxylic acids is 1. The smallest absolute Gasteiger partial charge is 0.416 e. The van der Waals surface area contributed by atoms with Crippen molar-refractivity contribution in [1.29, 1.82) is 0 Å². The van der Waals surface area contributed by atoms with E-state index in [0.717, 1.165) is 27.5 Å². The number of aromatic nitrogens is 4. The molecule has 0 aliphatic carbocycles. The van der Waals surface area contributed by atoms with Gasteiger partial charge in [0, 0.05) is 30.4 Å². The predicted molar refractivity (Wildman–Crippen MR) is 167 cm³/mol. The van der Waals surface area contributed by atoms with Crippen molar-refractivity contribution in [2.45, 2.75) is 65.2 Å². The quantitative estimate of drug-likeness (QED) is 0.218. The predicted octanol–water partition coefficient (Wildman–Crippen LogP) is 5.22. The van der Waals surface area contributed by atoms with Gasteiger partial charge in [0.05, 0.1) is 35.6 Å². The summed E-state index contributed by atoms with van der Waals surface area (Å²) in [6, 6.07) is 7.37. The number of nitrogens with one attached hydrogen (secondary N) is 1. The number of amides is 1. The zero-order valence-electron chi connectivity index (χ0n) is 26.7. The number of alkyl halides is 3. The molecule has 0 spiro atoms. The van der Waals surface area contributed by atoms with Gasteiger partial charge in [-0.2, -0.15) is 18.3 Å². The van der Waals surface area contributed by atoms with Crippen LogP contribution in [0.15, 0.2) is 53.6 Å². The summed E-state index contributed by atoms with van der Waals surface area (Å²) in [5.74, 6) is -2.04. The number of likely N-dealkylation sites (N-methyl/N-ethyl adjacent to an activating group) is 1. The average Bonchev–Trinajstić information content (AvgIpc) is 3.43. The molecule has 246 valence electrons. The first kappa shape index (κ1) is 34.4. The number of hydrogen-bond acceptors (Lipinski definition) is 6. The number of benzene rings is 1. The molecule has 2 N–H and O–H groups in total. The topological polar surface area (TPSA) is 122 Å². The lowest BCUT2D eigenvalue weighted by Gasteiger charge is -2.26. The van der Waals surface area contributed by atoms with Crippen LogP contribution >= 0.6 is 0 Å². The molecule has 13 heteroatoms. The van der Waals surface area contributed by atoms with E-state index in [1.54, 1.807) is 41.8 Å². The van der Waals surface area contributed by atoms with Gasteiger partial charge in [0.25, 0.3) is 5.56 Å². The molecule has 0 aliphatic heterocycles.